The average molecular weight is 485 g/mol. The molecule has 8 heteroatoms. The standard InChI is InChI=1S/C26H17ClN4O2S/c1-15-6-8-16(9-7-15)14-30-20-5-3-2-4-19(20)21(24(30)32)22-25(33)31-26(34-22)28-23(29-31)17-10-12-18(27)13-11-17/h2-13H,14H2,1H3/b22-21-. The quantitative estimate of drug-likeness (QED) is 0.384. The summed E-state index contributed by atoms with van der Waals surface area (Å²) < 4.78 is 1.62. The minimum atomic E-state index is -0.344. The number of hydrogen-bond acceptors (Lipinski definition) is 5. The van der Waals surface area contributed by atoms with Gasteiger partial charge in [0.15, 0.2) is 5.82 Å². The lowest BCUT2D eigenvalue weighted by molar-refractivity contribution is -0.113. The number of amides is 1. The lowest BCUT2D eigenvalue weighted by Gasteiger charge is -2.17. The predicted molar refractivity (Wildman–Crippen MR) is 134 cm³/mol. The number of aryl methyl sites for hydroxylation is 1. The van der Waals surface area contributed by atoms with Gasteiger partial charge in [0.1, 0.15) is 4.53 Å². The summed E-state index contributed by atoms with van der Waals surface area (Å²) in [5, 5.41) is 5.01. The summed E-state index contributed by atoms with van der Waals surface area (Å²) in [6.45, 7) is 2.45. The number of rotatable bonds is 3. The SMILES string of the molecule is Cc1ccc(CN2C(=O)/C(=c3\sc4nc(-c5ccc(Cl)cc5)nn4c3=O)c3ccccc32)cc1. The third kappa shape index (κ3) is 3.32. The summed E-state index contributed by atoms with van der Waals surface area (Å²) in [5.74, 6) is 0.247. The van der Waals surface area contributed by atoms with E-state index in [1.54, 1.807) is 17.0 Å². The van der Waals surface area contributed by atoms with Crippen LogP contribution in [0, 0.1) is 6.92 Å². The Labute approximate surface area is 203 Å². The second kappa shape index (κ2) is 7.90. The highest BCUT2D eigenvalue weighted by Crippen LogP contribution is 2.36. The second-order valence-corrected chi connectivity index (χ2v) is 9.56. The van der Waals surface area contributed by atoms with Gasteiger partial charge < -0.3 is 4.90 Å². The Bertz CT molecular complexity index is 1690. The van der Waals surface area contributed by atoms with Gasteiger partial charge in [-0.25, -0.2) is 0 Å². The molecule has 0 unspecified atom stereocenters. The Balaban J connectivity index is 1.48. The molecule has 1 aliphatic rings. The maximum absolute atomic E-state index is 13.6. The van der Waals surface area contributed by atoms with Gasteiger partial charge in [0.2, 0.25) is 4.96 Å². The van der Waals surface area contributed by atoms with Gasteiger partial charge in [0, 0.05) is 16.1 Å². The molecule has 34 heavy (non-hydrogen) atoms. The first-order valence-electron chi connectivity index (χ1n) is 10.7. The van der Waals surface area contributed by atoms with Crippen LogP contribution in [-0.2, 0) is 11.3 Å². The number of anilines is 1. The van der Waals surface area contributed by atoms with Crippen molar-refractivity contribution >= 4 is 45.1 Å². The molecule has 5 aromatic rings. The molecular formula is C26H17ClN4O2S. The zero-order valence-electron chi connectivity index (χ0n) is 18.0. The molecule has 0 saturated carbocycles. The van der Waals surface area contributed by atoms with E-state index in [4.69, 9.17) is 11.6 Å². The van der Waals surface area contributed by atoms with Crippen molar-refractivity contribution in [2.45, 2.75) is 13.5 Å². The molecule has 1 aliphatic heterocycles. The van der Waals surface area contributed by atoms with Crippen LogP contribution in [0.1, 0.15) is 16.7 Å². The summed E-state index contributed by atoms with van der Waals surface area (Å²) in [6, 6.07) is 22.8. The Kier molecular flexibility index (Phi) is 4.83. The zero-order valence-corrected chi connectivity index (χ0v) is 19.6. The van der Waals surface area contributed by atoms with Gasteiger partial charge in [-0.2, -0.15) is 9.50 Å². The molecule has 0 saturated heterocycles. The molecule has 6 nitrogen and oxygen atoms in total. The molecule has 166 valence electrons. The van der Waals surface area contributed by atoms with E-state index in [1.807, 2.05) is 67.6 Å². The molecule has 6 rings (SSSR count). The molecule has 0 atom stereocenters. The number of thiazole rings is 1. The van der Waals surface area contributed by atoms with Crippen molar-refractivity contribution < 1.29 is 4.79 Å². The first-order valence-corrected chi connectivity index (χ1v) is 11.9. The van der Waals surface area contributed by atoms with Crippen LogP contribution in [0.25, 0.3) is 21.9 Å². The molecule has 2 aromatic heterocycles. The van der Waals surface area contributed by atoms with Crippen LogP contribution in [-0.4, -0.2) is 20.5 Å². The molecule has 0 N–H and O–H groups in total. The Morgan fingerprint density at radius 2 is 1.68 bits per heavy atom. The molecule has 0 fully saturated rings. The van der Waals surface area contributed by atoms with Crippen molar-refractivity contribution in [2.75, 3.05) is 4.90 Å². The minimum Gasteiger partial charge on any atom is -0.303 e. The van der Waals surface area contributed by atoms with Crippen LogP contribution in [0.15, 0.2) is 77.6 Å². The summed E-state index contributed by atoms with van der Waals surface area (Å²) in [6.07, 6.45) is 0. The Hall–Kier alpha value is -3.81. The van der Waals surface area contributed by atoms with Crippen molar-refractivity contribution in [1.82, 2.24) is 14.6 Å². The van der Waals surface area contributed by atoms with Crippen LogP contribution in [0.2, 0.25) is 5.02 Å². The van der Waals surface area contributed by atoms with Gasteiger partial charge in [0.25, 0.3) is 11.5 Å². The van der Waals surface area contributed by atoms with Crippen molar-refractivity contribution in [1.29, 1.82) is 0 Å². The summed E-state index contributed by atoms with van der Waals surface area (Å²) in [4.78, 5) is 33.6. The number of fused-ring (bicyclic) bond motifs is 2. The Morgan fingerprint density at radius 1 is 0.941 bits per heavy atom. The highest BCUT2D eigenvalue weighted by atomic mass is 35.5. The van der Waals surface area contributed by atoms with Crippen LogP contribution >= 0.6 is 22.9 Å². The zero-order chi connectivity index (χ0) is 23.4. The highest BCUT2D eigenvalue weighted by molar-refractivity contribution is 7.15. The molecule has 0 bridgehead atoms. The second-order valence-electron chi connectivity index (χ2n) is 8.14. The van der Waals surface area contributed by atoms with Crippen LogP contribution < -0.4 is 15.0 Å². The first-order chi connectivity index (χ1) is 16.5. The number of aromatic nitrogens is 3. The molecule has 3 heterocycles. The fraction of sp³-hybridized carbons (Fsp3) is 0.0769. The molecule has 3 aromatic carbocycles. The highest BCUT2D eigenvalue weighted by Gasteiger charge is 2.34. The van der Waals surface area contributed by atoms with E-state index in [1.165, 1.54) is 15.9 Å². The fourth-order valence-corrected chi connectivity index (χ4v) is 5.26. The van der Waals surface area contributed by atoms with Crippen LogP contribution in [0.3, 0.4) is 0 Å². The number of para-hydroxylation sites is 1. The third-order valence-corrected chi connectivity index (χ3v) is 7.15. The Morgan fingerprint density at radius 3 is 2.41 bits per heavy atom. The normalized spacial score (nSPS) is 14.8. The number of halogens is 1. The van der Waals surface area contributed by atoms with Gasteiger partial charge in [-0.3, -0.25) is 9.59 Å². The van der Waals surface area contributed by atoms with Gasteiger partial charge >= 0.3 is 0 Å². The minimum absolute atomic E-state index is 0.193. The largest absolute Gasteiger partial charge is 0.303 e. The van der Waals surface area contributed by atoms with Gasteiger partial charge in [-0.1, -0.05) is 71.0 Å². The first kappa shape index (κ1) is 20.8. The summed E-state index contributed by atoms with van der Waals surface area (Å²) >= 11 is 7.15. The molecular weight excluding hydrogens is 468 g/mol. The number of benzene rings is 3. The number of carbonyl (C=O) groups excluding carboxylic acids is 1. The lowest BCUT2D eigenvalue weighted by Crippen LogP contribution is -2.32. The van der Waals surface area contributed by atoms with E-state index < -0.39 is 0 Å². The summed E-state index contributed by atoms with van der Waals surface area (Å²) in [7, 11) is 0. The number of nitrogens with zero attached hydrogens (tertiary/aromatic N) is 4. The van der Waals surface area contributed by atoms with E-state index in [0.717, 1.165) is 27.9 Å². The van der Waals surface area contributed by atoms with Crippen molar-refractivity contribution in [3.63, 3.8) is 0 Å². The molecule has 0 aliphatic carbocycles. The lowest BCUT2D eigenvalue weighted by atomic mass is 10.1. The number of hydrogen-bond donors (Lipinski definition) is 0. The smallest absolute Gasteiger partial charge is 0.291 e. The average Bonchev–Trinajstić information content (AvgIpc) is 3.47. The van der Waals surface area contributed by atoms with Gasteiger partial charge in [-0.05, 0) is 42.8 Å². The van der Waals surface area contributed by atoms with E-state index in [9.17, 15) is 9.59 Å². The fourth-order valence-electron chi connectivity index (χ4n) is 4.14. The van der Waals surface area contributed by atoms with E-state index in [2.05, 4.69) is 10.1 Å². The maximum atomic E-state index is 13.6. The number of carbonyl (C=O) groups is 1. The molecule has 0 spiro atoms. The molecule has 0 radical (unpaired) electrons. The van der Waals surface area contributed by atoms with Gasteiger partial charge in [-0.15, -0.1) is 5.10 Å². The maximum Gasteiger partial charge on any atom is 0.291 e. The summed E-state index contributed by atoms with van der Waals surface area (Å²) in [5.41, 5.74) is 4.55. The van der Waals surface area contributed by atoms with Crippen molar-refractivity contribution in [2.24, 2.45) is 0 Å². The van der Waals surface area contributed by atoms with Crippen molar-refractivity contribution in [3.05, 3.63) is 109 Å². The van der Waals surface area contributed by atoms with Crippen molar-refractivity contribution in [3.8, 4) is 11.4 Å². The van der Waals surface area contributed by atoms with Crippen LogP contribution in [0.5, 0.6) is 0 Å². The van der Waals surface area contributed by atoms with Crippen LogP contribution in [0.4, 0.5) is 5.69 Å². The van der Waals surface area contributed by atoms with E-state index in [-0.39, 0.29) is 11.5 Å². The predicted octanol–water partition coefficient (Wildman–Crippen LogP) is 4.24. The monoisotopic (exact) mass is 484 g/mol. The van der Waals surface area contributed by atoms with Gasteiger partial charge in [0.05, 0.1) is 17.8 Å². The third-order valence-electron chi connectivity index (χ3n) is 5.87. The topological polar surface area (TPSA) is 67.6 Å². The molecule has 1 amide bonds. The van der Waals surface area contributed by atoms with E-state index >= 15 is 0 Å². The van der Waals surface area contributed by atoms with E-state index in [0.29, 0.717) is 32.5 Å².